The number of aromatic nitrogens is 3. The van der Waals surface area contributed by atoms with Crippen molar-refractivity contribution < 1.29 is 13.2 Å². The maximum Gasteiger partial charge on any atom is 0.243 e. The van der Waals surface area contributed by atoms with Crippen LogP contribution in [0.5, 0.6) is 5.75 Å². The lowest BCUT2D eigenvalue weighted by molar-refractivity contribution is 0.189. The molecular weight excluding hydrogens is 388 g/mol. The molecule has 1 saturated heterocycles. The molecule has 3 aromatic rings. The molecule has 1 fully saturated rings. The first-order valence-electron chi connectivity index (χ1n) is 8.37. The summed E-state index contributed by atoms with van der Waals surface area (Å²) in [6.45, 7) is 0.996. The predicted octanol–water partition coefficient (Wildman–Crippen LogP) is 2.76. The van der Waals surface area contributed by atoms with Crippen molar-refractivity contribution >= 4 is 21.6 Å². The Morgan fingerprint density at radius 2 is 1.89 bits per heavy atom. The number of sulfonamides is 1. The minimum Gasteiger partial charge on any atom is -0.487 e. The van der Waals surface area contributed by atoms with Gasteiger partial charge in [-0.2, -0.15) is 4.31 Å². The molecule has 4 rings (SSSR count). The van der Waals surface area contributed by atoms with Crippen molar-refractivity contribution in [3.8, 4) is 5.75 Å². The summed E-state index contributed by atoms with van der Waals surface area (Å²) >= 11 is 5.90. The lowest BCUT2D eigenvalue weighted by atomic mass is 10.2. The lowest BCUT2D eigenvalue weighted by Crippen LogP contribution is -2.50. The fraction of sp³-hybridized carbons (Fsp3) is 0.222. The van der Waals surface area contributed by atoms with E-state index >= 15 is 0 Å². The van der Waals surface area contributed by atoms with Gasteiger partial charge in [0.15, 0.2) is 0 Å². The first kappa shape index (κ1) is 18.0. The summed E-state index contributed by atoms with van der Waals surface area (Å²) in [5, 5.41) is 8.59. The predicted molar refractivity (Wildman–Crippen MR) is 100 cm³/mol. The molecule has 0 unspecified atom stereocenters. The number of para-hydroxylation sites is 1. The van der Waals surface area contributed by atoms with Gasteiger partial charge in [-0.3, -0.25) is 0 Å². The van der Waals surface area contributed by atoms with Crippen LogP contribution in [0.25, 0.3) is 0 Å². The third-order valence-corrected chi connectivity index (χ3v) is 6.39. The summed E-state index contributed by atoms with van der Waals surface area (Å²) in [6, 6.07) is 15.7. The Bertz CT molecular complexity index is 1030. The fourth-order valence-corrected chi connectivity index (χ4v) is 4.60. The number of hydrogen-bond acceptors (Lipinski definition) is 5. The molecule has 1 aromatic heterocycles. The van der Waals surface area contributed by atoms with E-state index in [1.54, 1.807) is 29.1 Å². The van der Waals surface area contributed by atoms with E-state index in [9.17, 15) is 8.42 Å². The van der Waals surface area contributed by atoms with E-state index in [0.29, 0.717) is 30.4 Å². The molecule has 0 bridgehead atoms. The zero-order chi connectivity index (χ0) is 18.9. The van der Waals surface area contributed by atoms with Crippen LogP contribution in [0.2, 0.25) is 5.02 Å². The third kappa shape index (κ3) is 3.83. The quantitative estimate of drug-likeness (QED) is 0.631. The molecule has 0 radical (unpaired) electrons. The molecule has 9 heteroatoms. The van der Waals surface area contributed by atoms with Gasteiger partial charge in [-0.25, -0.2) is 13.1 Å². The summed E-state index contributed by atoms with van der Waals surface area (Å²) in [5.41, 5.74) is 0.690. The van der Waals surface area contributed by atoms with Crippen molar-refractivity contribution in [2.24, 2.45) is 0 Å². The molecule has 7 nitrogen and oxygen atoms in total. The molecular formula is C18H17ClN4O3S. The van der Waals surface area contributed by atoms with E-state index < -0.39 is 10.0 Å². The number of benzene rings is 2. The Morgan fingerprint density at radius 1 is 1.11 bits per heavy atom. The van der Waals surface area contributed by atoms with Crippen LogP contribution in [-0.4, -0.2) is 40.8 Å². The molecule has 27 heavy (non-hydrogen) atoms. The van der Waals surface area contributed by atoms with Gasteiger partial charge < -0.3 is 4.74 Å². The zero-order valence-corrected chi connectivity index (χ0v) is 15.8. The van der Waals surface area contributed by atoms with Crippen LogP contribution in [0.3, 0.4) is 0 Å². The molecule has 2 aromatic carbocycles. The van der Waals surface area contributed by atoms with Crippen molar-refractivity contribution in [3.63, 3.8) is 0 Å². The first-order chi connectivity index (χ1) is 13.0. The normalized spacial score (nSPS) is 15.4. The molecule has 0 spiro atoms. The van der Waals surface area contributed by atoms with E-state index in [1.165, 1.54) is 10.4 Å². The molecule has 0 atom stereocenters. The minimum atomic E-state index is -3.54. The Morgan fingerprint density at radius 3 is 2.63 bits per heavy atom. The van der Waals surface area contributed by atoms with Crippen LogP contribution < -0.4 is 4.74 Å². The van der Waals surface area contributed by atoms with Crippen molar-refractivity contribution in [3.05, 3.63) is 71.5 Å². The van der Waals surface area contributed by atoms with Gasteiger partial charge >= 0.3 is 0 Å². The van der Waals surface area contributed by atoms with E-state index in [0.717, 1.165) is 5.75 Å². The second-order valence-corrected chi connectivity index (χ2v) is 8.60. The third-order valence-electron chi connectivity index (χ3n) is 4.32. The van der Waals surface area contributed by atoms with E-state index in [1.807, 2.05) is 30.3 Å². The highest BCUT2D eigenvalue weighted by Gasteiger charge is 2.38. The molecule has 0 N–H and O–H groups in total. The molecule has 0 aliphatic carbocycles. The van der Waals surface area contributed by atoms with Crippen LogP contribution in [0.4, 0.5) is 0 Å². The summed E-state index contributed by atoms with van der Waals surface area (Å²) in [6.07, 6.45) is 1.79. The number of nitrogens with zero attached hydrogens (tertiary/aromatic N) is 4. The van der Waals surface area contributed by atoms with Crippen molar-refractivity contribution in [1.29, 1.82) is 0 Å². The Labute approximate surface area is 162 Å². The zero-order valence-electron chi connectivity index (χ0n) is 14.3. The van der Waals surface area contributed by atoms with Gasteiger partial charge in [-0.05, 0) is 30.3 Å². The summed E-state index contributed by atoms with van der Waals surface area (Å²) in [4.78, 5) is 0.198. The van der Waals surface area contributed by atoms with E-state index in [-0.39, 0.29) is 10.9 Å². The lowest BCUT2D eigenvalue weighted by Gasteiger charge is -2.37. The molecule has 1 aliphatic heterocycles. The fourth-order valence-electron chi connectivity index (χ4n) is 2.79. The standard InChI is InChI=1S/C18H17ClN4O3S/c19-14-5-4-8-18(9-14)27(24,25)22-11-16(12-22)23-10-15(20-21-23)13-26-17-6-2-1-3-7-17/h1-10,16H,11-13H2. The Hall–Kier alpha value is -2.42. The molecule has 0 saturated carbocycles. The van der Waals surface area contributed by atoms with Crippen molar-refractivity contribution in [2.75, 3.05) is 13.1 Å². The molecule has 1 aliphatic rings. The van der Waals surface area contributed by atoms with Gasteiger partial charge in [-0.15, -0.1) is 5.10 Å². The smallest absolute Gasteiger partial charge is 0.243 e. The van der Waals surface area contributed by atoms with E-state index in [4.69, 9.17) is 16.3 Å². The molecule has 140 valence electrons. The van der Waals surface area contributed by atoms with Gasteiger partial charge in [0.25, 0.3) is 0 Å². The number of rotatable bonds is 6. The van der Waals surface area contributed by atoms with Crippen molar-refractivity contribution in [1.82, 2.24) is 19.3 Å². The molecule has 0 amide bonds. The van der Waals surface area contributed by atoms with Gasteiger partial charge in [0, 0.05) is 18.1 Å². The highest BCUT2D eigenvalue weighted by atomic mass is 35.5. The maximum absolute atomic E-state index is 12.6. The number of ether oxygens (including phenoxy) is 1. The van der Waals surface area contributed by atoms with E-state index in [2.05, 4.69) is 10.3 Å². The summed E-state index contributed by atoms with van der Waals surface area (Å²) in [7, 11) is -3.54. The highest BCUT2D eigenvalue weighted by molar-refractivity contribution is 7.89. The van der Waals surface area contributed by atoms with Crippen molar-refractivity contribution in [2.45, 2.75) is 17.5 Å². The molecule has 2 heterocycles. The average Bonchev–Trinajstić information content (AvgIpc) is 3.08. The van der Waals surface area contributed by atoms with Gasteiger partial charge in [0.1, 0.15) is 18.1 Å². The largest absolute Gasteiger partial charge is 0.487 e. The second kappa shape index (κ2) is 7.30. The number of halogens is 1. The Kier molecular flexibility index (Phi) is 4.86. The van der Waals surface area contributed by atoms with Crippen LogP contribution in [0.1, 0.15) is 11.7 Å². The summed E-state index contributed by atoms with van der Waals surface area (Å²) in [5.74, 6) is 0.759. The van der Waals surface area contributed by atoms with Crippen LogP contribution in [0.15, 0.2) is 65.7 Å². The minimum absolute atomic E-state index is 0.0445. The SMILES string of the molecule is O=S(=O)(c1cccc(Cl)c1)N1CC(n2cc(COc3ccccc3)nn2)C1. The van der Waals surface area contributed by atoms with Crippen LogP contribution >= 0.6 is 11.6 Å². The highest BCUT2D eigenvalue weighted by Crippen LogP contribution is 2.28. The first-order valence-corrected chi connectivity index (χ1v) is 10.2. The van der Waals surface area contributed by atoms with Gasteiger partial charge in [0.2, 0.25) is 10.0 Å². The summed E-state index contributed by atoms with van der Waals surface area (Å²) < 4.78 is 34.0. The topological polar surface area (TPSA) is 77.3 Å². The monoisotopic (exact) mass is 404 g/mol. The maximum atomic E-state index is 12.6. The van der Waals surface area contributed by atoms with Gasteiger partial charge in [0.05, 0.1) is 17.1 Å². The number of hydrogen-bond donors (Lipinski definition) is 0. The Balaban J connectivity index is 1.36. The average molecular weight is 405 g/mol. The van der Waals surface area contributed by atoms with Crippen LogP contribution in [0, 0.1) is 0 Å². The van der Waals surface area contributed by atoms with Gasteiger partial charge in [-0.1, -0.05) is 41.1 Å². The van der Waals surface area contributed by atoms with Crippen LogP contribution in [-0.2, 0) is 16.6 Å². The second-order valence-electron chi connectivity index (χ2n) is 6.22.